The summed E-state index contributed by atoms with van der Waals surface area (Å²) < 4.78 is 1.34. The highest BCUT2D eigenvalue weighted by molar-refractivity contribution is 6.33. The minimum Gasteiger partial charge on any atom is -0.372 e. The number of nitrogens with two attached hydrogens (primary N) is 1. The Bertz CT molecular complexity index is 404. The Morgan fingerprint density at radius 1 is 1.62 bits per heavy atom. The van der Waals surface area contributed by atoms with Gasteiger partial charge in [-0.15, -0.1) is 0 Å². The van der Waals surface area contributed by atoms with Crippen molar-refractivity contribution in [1.29, 1.82) is 0 Å². The summed E-state index contributed by atoms with van der Waals surface area (Å²) in [6.07, 6.45) is 2.47. The molecule has 1 aromatic heterocycles. The number of aryl methyl sites for hydroxylation is 1. The molecule has 0 spiro atoms. The van der Waals surface area contributed by atoms with Crippen LogP contribution in [0.15, 0.2) is 11.0 Å². The Morgan fingerprint density at radius 2 is 2.31 bits per heavy atom. The van der Waals surface area contributed by atoms with E-state index in [0.29, 0.717) is 18.8 Å². The standard InChI is InChI=1S/C10H17ClN4O/c1-3-15-10(16)9(11)8(7-13-15)14(2)6-4-5-12/h7H,3-6,12H2,1-2H3. The molecule has 90 valence electrons. The maximum Gasteiger partial charge on any atom is 0.287 e. The van der Waals surface area contributed by atoms with Crippen molar-refractivity contribution < 1.29 is 0 Å². The number of anilines is 1. The second-order valence-corrected chi connectivity index (χ2v) is 3.91. The van der Waals surface area contributed by atoms with Crippen LogP contribution in [0, 0.1) is 0 Å². The zero-order valence-corrected chi connectivity index (χ0v) is 10.4. The number of aromatic nitrogens is 2. The van der Waals surface area contributed by atoms with Gasteiger partial charge >= 0.3 is 0 Å². The maximum absolute atomic E-state index is 11.7. The lowest BCUT2D eigenvalue weighted by Gasteiger charge is -2.19. The molecule has 16 heavy (non-hydrogen) atoms. The van der Waals surface area contributed by atoms with Crippen LogP contribution >= 0.6 is 11.6 Å². The fourth-order valence-corrected chi connectivity index (χ4v) is 1.69. The lowest BCUT2D eigenvalue weighted by atomic mass is 10.3. The fraction of sp³-hybridized carbons (Fsp3) is 0.600. The molecule has 0 fully saturated rings. The van der Waals surface area contributed by atoms with Crippen molar-refractivity contribution in [2.24, 2.45) is 5.73 Å². The summed E-state index contributed by atoms with van der Waals surface area (Å²) in [5, 5.41) is 4.25. The van der Waals surface area contributed by atoms with E-state index in [9.17, 15) is 4.79 Å². The van der Waals surface area contributed by atoms with E-state index in [1.807, 2.05) is 18.9 Å². The fourth-order valence-electron chi connectivity index (χ4n) is 1.40. The van der Waals surface area contributed by atoms with Crippen molar-refractivity contribution in [1.82, 2.24) is 9.78 Å². The summed E-state index contributed by atoms with van der Waals surface area (Å²) >= 11 is 6.00. The molecule has 0 aromatic carbocycles. The molecule has 0 saturated carbocycles. The molecular weight excluding hydrogens is 228 g/mol. The average molecular weight is 245 g/mol. The van der Waals surface area contributed by atoms with E-state index in [4.69, 9.17) is 17.3 Å². The first-order chi connectivity index (χ1) is 7.61. The van der Waals surface area contributed by atoms with Gasteiger partial charge in [0.05, 0.1) is 11.9 Å². The summed E-state index contributed by atoms with van der Waals surface area (Å²) in [4.78, 5) is 13.6. The average Bonchev–Trinajstić information content (AvgIpc) is 2.29. The van der Waals surface area contributed by atoms with Gasteiger partial charge in [0.15, 0.2) is 0 Å². The highest BCUT2D eigenvalue weighted by Crippen LogP contribution is 2.19. The molecule has 1 rings (SSSR count). The van der Waals surface area contributed by atoms with Crippen LogP contribution in [0.2, 0.25) is 5.02 Å². The zero-order valence-electron chi connectivity index (χ0n) is 9.61. The van der Waals surface area contributed by atoms with Crippen LogP contribution in [-0.4, -0.2) is 29.9 Å². The van der Waals surface area contributed by atoms with Gasteiger partial charge in [-0.05, 0) is 19.9 Å². The molecule has 0 bridgehead atoms. The summed E-state index contributed by atoms with van der Waals surface area (Å²) in [7, 11) is 1.87. The molecule has 0 atom stereocenters. The van der Waals surface area contributed by atoms with Crippen molar-refractivity contribution in [3.05, 3.63) is 21.6 Å². The van der Waals surface area contributed by atoms with E-state index < -0.39 is 0 Å². The van der Waals surface area contributed by atoms with Gasteiger partial charge in [-0.3, -0.25) is 4.79 Å². The molecule has 2 N–H and O–H groups in total. The van der Waals surface area contributed by atoms with Crippen LogP contribution in [0.1, 0.15) is 13.3 Å². The largest absolute Gasteiger partial charge is 0.372 e. The summed E-state index contributed by atoms with van der Waals surface area (Å²) in [5.74, 6) is 0. The highest BCUT2D eigenvalue weighted by Gasteiger charge is 2.11. The van der Waals surface area contributed by atoms with E-state index in [1.54, 1.807) is 6.20 Å². The second-order valence-electron chi connectivity index (χ2n) is 3.53. The van der Waals surface area contributed by atoms with E-state index >= 15 is 0 Å². The van der Waals surface area contributed by atoms with E-state index in [1.165, 1.54) is 4.68 Å². The third-order valence-corrected chi connectivity index (χ3v) is 2.73. The van der Waals surface area contributed by atoms with Crippen molar-refractivity contribution in [2.75, 3.05) is 25.0 Å². The highest BCUT2D eigenvalue weighted by atomic mass is 35.5. The lowest BCUT2D eigenvalue weighted by Crippen LogP contribution is -2.28. The minimum absolute atomic E-state index is 0.219. The lowest BCUT2D eigenvalue weighted by molar-refractivity contribution is 0.614. The molecule has 0 radical (unpaired) electrons. The molecule has 0 aliphatic heterocycles. The Morgan fingerprint density at radius 3 is 2.88 bits per heavy atom. The van der Waals surface area contributed by atoms with Gasteiger partial charge in [-0.1, -0.05) is 11.6 Å². The molecule has 1 heterocycles. The van der Waals surface area contributed by atoms with Gasteiger partial charge < -0.3 is 10.6 Å². The van der Waals surface area contributed by atoms with Crippen LogP contribution in [0.3, 0.4) is 0 Å². The number of hydrogen-bond acceptors (Lipinski definition) is 4. The van der Waals surface area contributed by atoms with Gasteiger partial charge in [-0.2, -0.15) is 5.10 Å². The predicted molar refractivity (Wildman–Crippen MR) is 66.1 cm³/mol. The Kier molecular flexibility index (Phi) is 4.76. The van der Waals surface area contributed by atoms with Gasteiger partial charge in [0.25, 0.3) is 5.56 Å². The number of hydrogen-bond donors (Lipinski definition) is 1. The molecular formula is C10H17ClN4O. The molecule has 0 saturated heterocycles. The normalized spacial score (nSPS) is 10.5. The van der Waals surface area contributed by atoms with E-state index in [0.717, 1.165) is 13.0 Å². The molecule has 0 unspecified atom stereocenters. The van der Waals surface area contributed by atoms with Gasteiger partial charge in [0, 0.05) is 20.1 Å². The van der Waals surface area contributed by atoms with Crippen LogP contribution in [0.4, 0.5) is 5.69 Å². The van der Waals surface area contributed by atoms with Crippen LogP contribution < -0.4 is 16.2 Å². The molecule has 1 aromatic rings. The first kappa shape index (κ1) is 13.0. The topological polar surface area (TPSA) is 64.2 Å². The van der Waals surface area contributed by atoms with Gasteiger partial charge in [-0.25, -0.2) is 4.68 Å². The zero-order chi connectivity index (χ0) is 12.1. The molecule has 6 heteroatoms. The Hall–Kier alpha value is -1.07. The molecule has 0 aliphatic rings. The van der Waals surface area contributed by atoms with E-state index in [2.05, 4.69) is 5.10 Å². The van der Waals surface area contributed by atoms with Crippen LogP contribution in [0.5, 0.6) is 0 Å². The molecule has 0 aliphatic carbocycles. The Labute approximate surface area is 99.8 Å². The van der Waals surface area contributed by atoms with Gasteiger partial charge in [0.1, 0.15) is 5.02 Å². The SMILES string of the molecule is CCn1ncc(N(C)CCCN)c(Cl)c1=O. The third kappa shape index (κ3) is 2.74. The Balaban J connectivity index is 2.98. The van der Waals surface area contributed by atoms with Gasteiger partial charge in [0.2, 0.25) is 0 Å². The minimum atomic E-state index is -0.249. The quantitative estimate of drug-likeness (QED) is 0.828. The first-order valence-corrected chi connectivity index (χ1v) is 5.66. The van der Waals surface area contributed by atoms with Crippen molar-refractivity contribution in [3.8, 4) is 0 Å². The van der Waals surface area contributed by atoms with Crippen molar-refractivity contribution in [2.45, 2.75) is 19.9 Å². The summed E-state index contributed by atoms with van der Waals surface area (Å²) in [5.41, 5.74) is 5.84. The third-order valence-electron chi connectivity index (χ3n) is 2.37. The van der Waals surface area contributed by atoms with E-state index in [-0.39, 0.29) is 10.6 Å². The number of halogens is 1. The maximum atomic E-state index is 11.7. The predicted octanol–water partition coefficient (Wildman–Crippen LogP) is 0.702. The first-order valence-electron chi connectivity index (χ1n) is 5.28. The molecule has 5 nitrogen and oxygen atoms in total. The summed E-state index contributed by atoms with van der Waals surface area (Å²) in [6.45, 7) is 3.74. The summed E-state index contributed by atoms with van der Waals surface area (Å²) in [6, 6.07) is 0. The van der Waals surface area contributed by atoms with Crippen molar-refractivity contribution >= 4 is 17.3 Å². The van der Waals surface area contributed by atoms with Crippen molar-refractivity contribution in [3.63, 3.8) is 0 Å². The smallest absolute Gasteiger partial charge is 0.287 e. The second kappa shape index (κ2) is 5.86. The molecule has 0 amide bonds. The van der Waals surface area contributed by atoms with Crippen LogP contribution in [0.25, 0.3) is 0 Å². The number of nitrogens with zero attached hydrogens (tertiary/aromatic N) is 3. The van der Waals surface area contributed by atoms with Crippen LogP contribution in [-0.2, 0) is 6.54 Å². The number of rotatable bonds is 5. The monoisotopic (exact) mass is 244 g/mol.